The van der Waals surface area contributed by atoms with E-state index in [0.29, 0.717) is 12.0 Å². The molecule has 2 unspecified atom stereocenters. The Morgan fingerprint density at radius 3 is 2.43 bits per heavy atom. The molecule has 21 heavy (non-hydrogen) atoms. The van der Waals surface area contributed by atoms with Crippen LogP contribution in [0.25, 0.3) is 0 Å². The van der Waals surface area contributed by atoms with E-state index in [1.165, 1.54) is 24.6 Å². The minimum atomic E-state index is -0.448. The fourth-order valence-corrected chi connectivity index (χ4v) is 3.15. The first-order chi connectivity index (χ1) is 9.99. The van der Waals surface area contributed by atoms with Crippen LogP contribution in [0.15, 0.2) is 18.2 Å². The van der Waals surface area contributed by atoms with Crippen LogP contribution < -0.4 is 5.32 Å². The van der Waals surface area contributed by atoms with Gasteiger partial charge in [0, 0.05) is 30.7 Å². The molecule has 2 rings (SSSR count). The van der Waals surface area contributed by atoms with Gasteiger partial charge in [0.1, 0.15) is 11.6 Å². The first kappa shape index (κ1) is 16.4. The van der Waals surface area contributed by atoms with E-state index in [0.717, 1.165) is 26.1 Å². The van der Waals surface area contributed by atoms with Gasteiger partial charge in [0.2, 0.25) is 0 Å². The molecule has 0 aromatic heterocycles. The van der Waals surface area contributed by atoms with Crippen LogP contribution in [0.3, 0.4) is 0 Å². The van der Waals surface area contributed by atoms with E-state index in [1.54, 1.807) is 0 Å². The molecule has 2 nitrogen and oxygen atoms in total. The lowest BCUT2D eigenvalue weighted by molar-refractivity contribution is 0.165. The highest BCUT2D eigenvalue weighted by atomic mass is 19.1. The minimum absolute atomic E-state index is 0.191. The summed E-state index contributed by atoms with van der Waals surface area (Å²) >= 11 is 0. The van der Waals surface area contributed by atoms with Crippen LogP contribution in [0.2, 0.25) is 0 Å². The Balaban J connectivity index is 2.18. The van der Waals surface area contributed by atoms with E-state index in [9.17, 15) is 8.78 Å². The van der Waals surface area contributed by atoms with Crippen LogP contribution in [0.4, 0.5) is 8.78 Å². The van der Waals surface area contributed by atoms with Crippen molar-refractivity contribution in [1.29, 1.82) is 0 Å². The summed E-state index contributed by atoms with van der Waals surface area (Å²) < 4.78 is 28.1. The molecule has 118 valence electrons. The topological polar surface area (TPSA) is 15.3 Å². The molecule has 1 aromatic rings. The second-order valence-corrected chi connectivity index (χ2v) is 6.45. The molecule has 0 spiro atoms. The fourth-order valence-electron chi connectivity index (χ4n) is 3.15. The summed E-state index contributed by atoms with van der Waals surface area (Å²) in [6.45, 7) is 8.90. The molecule has 1 N–H and O–H groups in total. The molecule has 0 saturated carbocycles. The predicted molar refractivity (Wildman–Crippen MR) is 82.2 cm³/mol. The van der Waals surface area contributed by atoms with Gasteiger partial charge >= 0.3 is 0 Å². The number of hydrogen-bond acceptors (Lipinski definition) is 2. The first-order valence-electron chi connectivity index (χ1n) is 7.90. The normalized spacial score (nSPS) is 20.4. The van der Waals surface area contributed by atoms with Gasteiger partial charge in [-0.3, -0.25) is 4.90 Å². The summed E-state index contributed by atoms with van der Waals surface area (Å²) in [6, 6.07) is 4.29. The zero-order valence-corrected chi connectivity index (χ0v) is 13.2. The maximum Gasteiger partial charge on any atom is 0.130 e. The van der Waals surface area contributed by atoms with Crippen molar-refractivity contribution in [2.45, 2.75) is 45.7 Å². The standard InChI is InChI=1S/C17H26F2N2/c1-12(2)10-21(11-14-6-5-9-20-14)13(3)17-15(18)7-4-8-16(17)19/h4,7-8,12-14,20H,5-6,9-11H2,1-3H3. The van der Waals surface area contributed by atoms with Crippen LogP contribution in [0, 0.1) is 17.6 Å². The van der Waals surface area contributed by atoms with Crippen LogP contribution >= 0.6 is 0 Å². The van der Waals surface area contributed by atoms with Crippen molar-refractivity contribution in [2.24, 2.45) is 5.92 Å². The smallest absolute Gasteiger partial charge is 0.130 e. The molecule has 0 aliphatic carbocycles. The molecule has 1 heterocycles. The van der Waals surface area contributed by atoms with Gasteiger partial charge in [-0.1, -0.05) is 19.9 Å². The molecule has 0 amide bonds. The number of nitrogens with zero attached hydrogens (tertiary/aromatic N) is 1. The largest absolute Gasteiger partial charge is 0.313 e. The Morgan fingerprint density at radius 2 is 1.90 bits per heavy atom. The summed E-state index contributed by atoms with van der Waals surface area (Å²) in [5, 5.41) is 3.47. The first-order valence-corrected chi connectivity index (χ1v) is 7.90. The summed E-state index contributed by atoms with van der Waals surface area (Å²) in [5.41, 5.74) is 0.191. The lowest BCUT2D eigenvalue weighted by Crippen LogP contribution is -2.41. The number of nitrogens with one attached hydrogen (secondary N) is 1. The highest BCUT2D eigenvalue weighted by Crippen LogP contribution is 2.27. The van der Waals surface area contributed by atoms with Crippen molar-refractivity contribution >= 4 is 0 Å². The summed E-state index contributed by atoms with van der Waals surface area (Å²) in [7, 11) is 0. The van der Waals surface area contributed by atoms with Crippen molar-refractivity contribution in [3.8, 4) is 0 Å². The monoisotopic (exact) mass is 296 g/mol. The maximum atomic E-state index is 14.0. The van der Waals surface area contributed by atoms with Gasteiger partial charge in [-0.05, 0) is 44.4 Å². The van der Waals surface area contributed by atoms with Crippen molar-refractivity contribution in [3.05, 3.63) is 35.4 Å². The molecule has 1 aliphatic rings. The van der Waals surface area contributed by atoms with E-state index < -0.39 is 11.6 Å². The fraction of sp³-hybridized carbons (Fsp3) is 0.647. The Kier molecular flexibility index (Phi) is 5.71. The third-order valence-electron chi connectivity index (χ3n) is 4.18. The molecule has 1 saturated heterocycles. The van der Waals surface area contributed by atoms with E-state index >= 15 is 0 Å². The average molecular weight is 296 g/mol. The highest BCUT2D eigenvalue weighted by molar-refractivity contribution is 5.23. The third kappa shape index (κ3) is 4.24. The zero-order chi connectivity index (χ0) is 15.4. The van der Waals surface area contributed by atoms with Gasteiger partial charge in [-0.25, -0.2) is 8.78 Å². The van der Waals surface area contributed by atoms with Gasteiger partial charge in [0.25, 0.3) is 0 Å². The van der Waals surface area contributed by atoms with Crippen LogP contribution in [-0.4, -0.2) is 30.6 Å². The second kappa shape index (κ2) is 7.32. The second-order valence-electron chi connectivity index (χ2n) is 6.45. The molecule has 0 radical (unpaired) electrons. The van der Waals surface area contributed by atoms with Gasteiger partial charge < -0.3 is 5.32 Å². The van der Waals surface area contributed by atoms with Crippen LogP contribution in [0.1, 0.15) is 45.2 Å². The molecule has 2 atom stereocenters. The van der Waals surface area contributed by atoms with E-state index in [1.807, 2.05) is 6.92 Å². The van der Waals surface area contributed by atoms with E-state index in [2.05, 4.69) is 24.1 Å². The SMILES string of the molecule is CC(C)CN(CC1CCCN1)C(C)c1c(F)cccc1F. The van der Waals surface area contributed by atoms with Crippen LogP contribution in [0.5, 0.6) is 0 Å². The molecular weight excluding hydrogens is 270 g/mol. The molecule has 1 aliphatic heterocycles. The summed E-state index contributed by atoms with van der Waals surface area (Å²) in [5.74, 6) is -0.435. The van der Waals surface area contributed by atoms with E-state index in [4.69, 9.17) is 0 Å². The number of rotatable bonds is 6. The Bertz CT molecular complexity index is 436. The Hall–Kier alpha value is -1.00. The Morgan fingerprint density at radius 1 is 1.24 bits per heavy atom. The summed E-state index contributed by atoms with van der Waals surface area (Å²) in [4.78, 5) is 2.20. The number of benzene rings is 1. The van der Waals surface area contributed by atoms with E-state index in [-0.39, 0.29) is 11.6 Å². The van der Waals surface area contributed by atoms with Gasteiger partial charge in [0.05, 0.1) is 0 Å². The molecule has 1 fully saturated rings. The van der Waals surface area contributed by atoms with Crippen molar-refractivity contribution < 1.29 is 8.78 Å². The maximum absolute atomic E-state index is 14.0. The Labute approximate surface area is 126 Å². The number of hydrogen-bond donors (Lipinski definition) is 1. The molecule has 4 heteroatoms. The quantitative estimate of drug-likeness (QED) is 0.860. The summed E-state index contributed by atoms with van der Waals surface area (Å²) in [6.07, 6.45) is 2.32. The van der Waals surface area contributed by atoms with Crippen LogP contribution in [-0.2, 0) is 0 Å². The lowest BCUT2D eigenvalue weighted by atomic mass is 10.0. The minimum Gasteiger partial charge on any atom is -0.313 e. The van der Waals surface area contributed by atoms with Crippen molar-refractivity contribution in [3.63, 3.8) is 0 Å². The zero-order valence-electron chi connectivity index (χ0n) is 13.2. The third-order valence-corrected chi connectivity index (χ3v) is 4.18. The van der Waals surface area contributed by atoms with Gasteiger partial charge in [0.15, 0.2) is 0 Å². The van der Waals surface area contributed by atoms with Gasteiger partial charge in [-0.15, -0.1) is 0 Å². The van der Waals surface area contributed by atoms with Crippen molar-refractivity contribution in [2.75, 3.05) is 19.6 Å². The van der Waals surface area contributed by atoms with Crippen molar-refractivity contribution in [1.82, 2.24) is 10.2 Å². The average Bonchev–Trinajstić information content (AvgIpc) is 2.90. The number of halogens is 2. The molecular formula is C17H26F2N2. The predicted octanol–water partition coefficient (Wildman–Crippen LogP) is 3.74. The van der Waals surface area contributed by atoms with Gasteiger partial charge in [-0.2, -0.15) is 0 Å². The molecule has 0 bridgehead atoms. The molecule has 1 aromatic carbocycles. The lowest BCUT2D eigenvalue weighted by Gasteiger charge is -2.33. The highest BCUT2D eigenvalue weighted by Gasteiger charge is 2.26.